The first-order valence-electron chi connectivity index (χ1n) is 8.49. The molecule has 1 saturated heterocycles. The molecule has 1 fully saturated rings. The topological polar surface area (TPSA) is 0 Å². The predicted molar refractivity (Wildman–Crippen MR) is 81.8 cm³/mol. The molecule has 0 aromatic rings. The Hall–Kier alpha value is -0.0400. The lowest BCUT2D eigenvalue weighted by atomic mass is 9.92. The minimum atomic E-state index is 0.678. The summed E-state index contributed by atoms with van der Waals surface area (Å²) in [6.45, 7) is 16.0. The van der Waals surface area contributed by atoms with Crippen LogP contribution in [0.15, 0.2) is 0 Å². The molecule has 1 aliphatic rings. The third-order valence-corrected chi connectivity index (χ3v) is 6.03. The summed E-state index contributed by atoms with van der Waals surface area (Å²) in [5.74, 6) is 0.985. The summed E-state index contributed by atoms with van der Waals surface area (Å²) in [6.07, 6.45) is 10.0. The van der Waals surface area contributed by atoms with Gasteiger partial charge in [0.15, 0.2) is 0 Å². The van der Waals surface area contributed by atoms with Gasteiger partial charge in [-0.3, -0.25) is 0 Å². The highest BCUT2D eigenvalue weighted by Gasteiger charge is 2.65. The van der Waals surface area contributed by atoms with Crippen LogP contribution in [0.4, 0.5) is 0 Å². The van der Waals surface area contributed by atoms with Gasteiger partial charge in [-0.25, -0.2) is 0 Å². The summed E-state index contributed by atoms with van der Waals surface area (Å²) in [5.41, 5.74) is 0.678. The van der Waals surface area contributed by atoms with Gasteiger partial charge in [0.05, 0.1) is 13.1 Å². The zero-order chi connectivity index (χ0) is 13.6. The van der Waals surface area contributed by atoms with Gasteiger partial charge in [-0.15, -0.1) is 0 Å². The van der Waals surface area contributed by atoms with E-state index in [-0.39, 0.29) is 0 Å². The fraction of sp³-hybridized carbons (Fsp3) is 1.00. The zero-order valence-electron chi connectivity index (χ0n) is 13.6. The summed E-state index contributed by atoms with van der Waals surface area (Å²) >= 11 is 0. The van der Waals surface area contributed by atoms with Crippen molar-refractivity contribution in [3.63, 3.8) is 0 Å². The molecule has 1 aliphatic heterocycles. The highest BCUT2D eigenvalue weighted by molar-refractivity contribution is 4.93. The normalized spacial score (nSPS) is 25.7. The fourth-order valence-corrected chi connectivity index (χ4v) is 4.17. The zero-order valence-corrected chi connectivity index (χ0v) is 13.6. The van der Waals surface area contributed by atoms with Gasteiger partial charge in [0, 0.05) is 12.8 Å². The Kier molecular flexibility index (Phi) is 6.17. The van der Waals surface area contributed by atoms with Gasteiger partial charge in [-0.2, -0.15) is 0 Å². The van der Waals surface area contributed by atoms with Gasteiger partial charge in [-0.1, -0.05) is 46.5 Å². The van der Waals surface area contributed by atoms with E-state index in [0.717, 1.165) is 5.92 Å². The summed E-state index contributed by atoms with van der Waals surface area (Å²) in [5, 5.41) is 0. The second-order valence-corrected chi connectivity index (χ2v) is 6.44. The Morgan fingerprint density at radius 3 is 1.94 bits per heavy atom. The van der Waals surface area contributed by atoms with Gasteiger partial charge in [0.25, 0.3) is 0 Å². The Labute approximate surface area is 116 Å². The smallest absolute Gasteiger partial charge is 0.148 e. The van der Waals surface area contributed by atoms with E-state index in [1.807, 2.05) is 0 Å². The highest BCUT2D eigenvalue weighted by atomic mass is 15.5. The van der Waals surface area contributed by atoms with Crippen LogP contribution in [0.5, 0.6) is 0 Å². The van der Waals surface area contributed by atoms with Gasteiger partial charge in [-0.05, 0) is 26.2 Å². The average Bonchev–Trinajstić information content (AvgIpc) is 3.08. The third kappa shape index (κ3) is 3.10. The molecule has 0 N–H and O–H groups in total. The summed E-state index contributed by atoms with van der Waals surface area (Å²) < 4.78 is 1.41. The largest absolute Gasteiger partial charge is 0.309 e. The second kappa shape index (κ2) is 6.93. The number of likely N-dealkylation sites (N-methyl/N-ethyl adjacent to an activating group) is 1. The molecular weight excluding hydrogens is 218 g/mol. The molecule has 1 rings (SSSR count). The van der Waals surface area contributed by atoms with Crippen molar-refractivity contribution in [2.75, 3.05) is 19.6 Å². The van der Waals surface area contributed by atoms with E-state index >= 15 is 0 Å². The SMILES string of the molecule is CCC(CC)CCCCC1(CC)C[N+]1(CC)CC. The molecule has 0 aromatic heterocycles. The highest BCUT2D eigenvalue weighted by Crippen LogP contribution is 2.48. The summed E-state index contributed by atoms with van der Waals surface area (Å²) in [6, 6.07) is 0. The van der Waals surface area contributed by atoms with Gasteiger partial charge < -0.3 is 4.48 Å². The van der Waals surface area contributed by atoms with E-state index < -0.39 is 0 Å². The lowest BCUT2D eigenvalue weighted by Crippen LogP contribution is -2.35. The first-order valence-corrected chi connectivity index (χ1v) is 8.49. The van der Waals surface area contributed by atoms with Crippen molar-refractivity contribution >= 4 is 0 Å². The Morgan fingerprint density at radius 1 is 0.944 bits per heavy atom. The second-order valence-electron chi connectivity index (χ2n) is 6.44. The molecule has 0 spiro atoms. The molecule has 108 valence electrons. The standard InChI is InChI=1S/C17H36N/c1-6-16(7-2)13-11-12-14-17(8-3)15-18(17,9-4)10-5/h16H,6-15H2,1-5H3/q+1. The van der Waals surface area contributed by atoms with Crippen LogP contribution in [0, 0.1) is 5.92 Å². The fourth-order valence-electron chi connectivity index (χ4n) is 4.17. The van der Waals surface area contributed by atoms with E-state index in [1.54, 1.807) is 0 Å². The number of rotatable bonds is 10. The first kappa shape index (κ1) is 16.0. The number of hydrogen-bond donors (Lipinski definition) is 0. The lowest BCUT2D eigenvalue weighted by molar-refractivity contribution is -0.827. The van der Waals surface area contributed by atoms with Crippen molar-refractivity contribution in [2.24, 2.45) is 5.92 Å². The Morgan fingerprint density at radius 2 is 1.56 bits per heavy atom. The van der Waals surface area contributed by atoms with Crippen LogP contribution >= 0.6 is 0 Å². The molecule has 0 aliphatic carbocycles. The molecule has 1 nitrogen and oxygen atoms in total. The monoisotopic (exact) mass is 254 g/mol. The lowest BCUT2D eigenvalue weighted by Gasteiger charge is -2.24. The summed E-state index contributed by atoms with van der Waals surface area (Å²) in [4.78, 5) is 0. The minimum absolute atomic E-state index is 0.678. The number of nitrogens with zero attached hydrogens (tertiary/aromatic N) is 1. The van der Waals surface area contributed by atoms with Crippen LogP contribution in [0.1, 0.15) is 79.6 Å². The first-order chi connectivity index (χ1) is 8.63. The van der Waals surface area contributed by atoms with Crippen LogP contribution in [0.2, 0.25) is 0 Å². The van der Waals surface area contributed by atoms with Crippen molar-refractivity contribution in [1.29, 1.82) is 0 Å². The molecule has 1 heteroatoms. The van der Waals surface area contributed by atoms with Gasteiger partial charge in [0.2, 0.25) is 0 Å². The predicted octanol–water partition coefficient (Wildman–Crippen LogP) is 5.00. The van der Waals surface area contributed by atoms with Crippen molar-refractivity contribution < 1.29 is 4.48 Å². The molecule has 1 unspecified atom stereocenters. The third-order valence-electron chi connectivity index (χ3n) is 6.03. The van der Waals surface area contributed by atoms with E-state index in [1.165, 1.54) is 69.1 Å². The Bertz CT molecular complexity index is 228. The van der Waals surface area contributed by atoms with Crippen LogP contribution in [-0.4, -0.2) is 29.7 Å². The number of hydrogen-bond acceptors (Lipinski definition) is 0. The van der Waals surface area contributed by atoms with Crippen LogP contribution in [0.25, 0.3) is 0 Å². The van der Waals surface area contributed by atoms with Gasteiger partial charge in [0.1, 0.15) is 12.1 Å². The number of quaternary nitrogens is 1. The molecular formula is C17H36N+. The molecule has 18 heavy (non-hydrogen) atoms. The van der Waals surface area contributed by atoms with Crippen molar-refractivity contribution in [2.45, 2.75) is 85.1 Å². The van der Waals surface area contributed by atoms with Crippen molar-refractivity contribution in [3.05, 3.63) is 0 Å². The van der Waals surface area contributed by atoms with Crippen molar-refractivity contribution in [1.82, 2.24) is 0 Å². The van der Waals surface area contributed by atoms with Crippen LogP contribution in [0.3, 0.4) is 0 Å². The van der Waals surface area contributed by atoms with E-state index in [2.05, 4.69) is 34.6 Å². The van der Waals surface area contributed by atoms with Crippen LogP contribution < -0.4 is 0 Å². The average molecular weight is 254 g/mol. The van der Waals surface area contributed by atoms with Gasteiger partial charge >= 0.3 is 0 Å². The Balaban J connectivity index is 2.30. The van der Waals surface area contributed by atoms with E-state index in [4.69, 9.17) is 0 Å². The quantitative estimate of drug-likeness (QED) is 0.292. The molecule has 0 amide bonds. The molecule has 0 radical (unpaired) electrons. The maximum Gasteiger partial charge on any atom is 0.148 e. The molecule has 1 heterocycles. The maximum absolute atomic E-state index is 2.41. The number of unbranched alkanes of at least 4 members (excludes halogenated alkanes) is 1. The summed E-state index contributed by atoms with van der Waals surface area (Å²) in [7, 11) is 0. The van der Waals surface area contributed by atoms with E-state index in [0.29, 0.717) is 5.54 Å². The minimum Gasteiger partial charge on any atom is -0.309 e. The van der Waals surface area contributed by atoms with Crippen LogP contribution in [-0.2, 0) is 0 Å². The maximum atomic E-state index is 2.41. The molecule has 0 saturated carbocycles. The molecule has 0 bridgehead atoms. The van der Waals surface area contributed by atoms with Crippen molar-refractivity contribution in [3.8, 4) is 0 Å². The molecule has 0 aromatic carbocycles. The molecule has 1 atom stereocenters. The van der Waals surface area contributed by atoms with E-state index in [9.17, 15) is 0 Å².